The summed E-state index contributed by atoms with van der Waals surface area (Å²) in [4.78, 5) is 4.21. The van der Waals surface area contributed by atoms with Crippen molar-refractivity contribution in [3.8, 4) is 11.5 Å². The summed E-state index contributed by atoms with van der Waals surface area (Å²) in [6.45, 7) is 3.64. The molecule has 1 heterocycles. The van der Waals surface area contributed by atoms with E-state index in [2.05, 4.69) is 10.1 Å². The van der Waals surface area contributed by atoms with Crippen LogP contribution in [0.2, 0.25) is 0 Å². The highest BCUT2D eigenvalue weighted by atomic mass is 19.1. The number of nitrogens with two attached hydrogens (primary N) is 1. The van der Waals surface area contributed by atoms with Gasteiger partial charge in [-0.2, -0.15) is 4.98 Å². The third-order valence-corrected chi connectivity index (χ3v) is 2.72. The zero-order chi connectivity index (χ0) is 13.3. The number of aromatic nitrogens is 2. The first kappa shape index (κ1) is 12.5. The monoisotopic (exact) mass is 251 g/mol. The van der Waals surface area contributed by atoms with Crippen molar-refractivity contribution in [3.05, 3.63) is 29.8 Å². The lowest BCUT2D eigenvalue weighted by Gasteiger charge is -2.17. The molecule has 2 rings (SSSR count). The Morgan fingerprint density at radius 1 is 1.39 bits per heavy atom. The number of anilines is 1. The number of rotatable bonds is 3. The first-order valence-electron chi connectivity index (χ1n) is 5.39. The van der Waals surface area contributed by atoms with Crippen molar-refractivity contribution >= 4 is 5.69 Å². The molecule has 0 spiro atoms. The quantitative estimate of drug-likeness (QED) is 0.847. The maximum Gasteiger partial charge on any atom is 0.258 e. The van der Waals surface area contributed by atoms with Crippen molar-refractivity contribution in [2.24, 2.45) is 0 Å². The van der Waals surface area contributed by atoms with Crippen molar-refractivity contribution in [2.75, 3.05) is 12.8 Å². The van der Waals surface area contributed by atoms with Crippen LogP contribution in [-0.2, 0) is 10.3 Å². The second-order valence-corrected chi connectivity index (χ2v) is 4.37. The molecule has 0 saturated heterocycles. The lowest BCUT2D eigenvalue weighted by Crippen LogP contribution is -2.21. The molecule has 0 radical (unpaired) electrons. The average molecular weight is 251 g/mol. The summed E-state index contributed by atoms with van der Waals surface area (Å²) in [6, 6.07) is 4.24. The van der Waals surface area contributed by atoms with Crippen molar-refractivity contribution in [2.45, 2.75) is 19.4 Å². The second kappa shape index (κ2) is 4.38. The predicted octanol–water partition coefficient (Wildman–Crippen LogP) is 2.34. The smallest absolute Gasteiger partial charge is 0.258 e. The summed E-state index contributed by atoms with van der Waals surface area (Å²) in [5.41, 5.74) is 5.45. The molecule has 0 amide bonds. The molecular formula is C12H14FN3O2. The number of nitrogens with zero attached hydrogens (tertiary/aromatic N) is 2. The van der Waals surface area contributed by atoms with Crippen LogP contribution in [0.15, 0.2) is 22.7 Å². The molecular weight excluding hydrogens is 237 g/mol. The van der Waals surface area contributed by atoms with E-state index in [9.17, 15) is 4.39 Å². The van der Waals surface area contributed by atoms with E-state index in [-0.39, 0.29) is 11.6 Å². The molecule has 2 N–H and O–H groups in total. The first-order valence-corrected chi connectivity index (χ1v) is 5.39. The van der Waals surface area contributed by atoms with E-state index < -0.39 is 11.4 Å². The Morgan fingerprint density at radius 2 is 2.11 bits per heavy atom. The van der Waals surface area contributed by atoms with Crippen LogP contribution in [0.1, 0.15) is 19.7 Å². The van der Waals surface area contributed by atoms with Crippen LogP contribution in [0.4, 0.5) is 10.1 Å². The predicted molar refractivity (Wildman–Crippen MR) is 64.1 cm³/mol. The lowest BCUT2D eigenvalue weighted by atomic mass is 10.1. The highest BCUT2D eigenvalue weighted by Crippen LogP contribution is 2.26. The lowest BCUT2D eigenvalue weighted by molar-refractivity contribution is 0.00973. The SMILES string of the molecule is COC(C)(C)c1noc(-c2ccc(F)c(N)c2)n1. The first-order chi connectivity index (χ1) is 8.44. The Labute approximate surface area is 104 Å². The van der Waals surface area contributed by atoms with E-state index in [0.29, 0.717) is 11.4 Å². The largest absolute Gasteiger partial charge is 0.396 e. The number of hydrogen-bond donors (Lipinski definition) is 1. The maximum absolute atomic E-state index is 13.1. The molecule has 0 atom stereocenters. The molecule has 0 aliphatic carbocycles. The number of hydrogen-bond acceptors (Lipinski definition) is 5. The molecule has 0 saturated carbocycles. The molecule has 2 aromatic rings. The molecule has 5 nitrogen and oxygen atoms in total. The fourth-order valence-electron chi connectivity index (χ4n) is 1.35. The minimum Gasteiger partial charge on any atom is -0.396 e. The molecule has 1 aromatic carbocycles. The maximum atomic E-state index is 13.1. The van der Waals surface area contributed by atoms with Gasteiger partial charge in [0, 0.05) is 12.7 Å². The van der Waals surface area contributed by atoms with Gasteiger partial charge in [0.25, 0.3) is 5.89 Å². The van der Waals surface area contributed by atoms with E-state index >= 15 is 0 Å². The summed E-state index contributed by atoms with van der Waals surface area (Å²) in [7, 11) is 1.56. The van der Waals surface area contributed by atoms with Crippen molar-refractivity contribution < 1.29 is 13.7 Å². The van der Waals surface area contributed by atoms with E-state index in [1.807, 2.05) is 13.8 Å². The average Bonchev–Trinajstić information content (AvgIpc) is 2.83. The summed E-state index contributed by atoms with van der Waals surface area (Å²) in [5.74, 6) is 0.223. The topological polar surface area (TPSA) is 74.2 Å². The van der Waals surface area contributed by atoms with Gasteiger partial charge in [0.15, 0.2) is 0 Å². The summed E-state index contributed by atoms with van der Waals surface area (Å²) in [6.07, 6.45) is 0. The Morgan fingerprint density at radius 3 is 2.72 bits per heavy atom. The fraction of sp³-hybridized carbons (Fsp3) is 0.333. The summed E-state index contributed by atoms with van der Waals surface area (Å²) < 4.78 is 23.4. The third-order valence-electron chi connectivity index (χ3n) is 2.72. The van der Waals surface area contributed by atoms with Crippen LogP contribution >= 0.6 is 0 Å². The highest BCUT2D eigenvalue weighted by Gasteiger charge is 2.26. The van der Waals surface area contributed by atoms with E-state index in [1.165, 1.54) is 18.2 Å². The molecule has 1 aromatic heterocycles. The highest BCUT2D eigenvalue weighted by molar-refractivity contribution is 5.60. The van der Waals surface area contributed by atoms with E-state index in [0.717, 1.165) is 0 Å². The molecule has 6 heteroatoms. The molecule has 0 bridgehead atoms. The molecule has 0 fully saturated rings. The molecule has 18 heavy (non-hydrogen) atoms. The minimum atomic E-state index is -0.646. The Hall–Kier alpha value is -1.95. The van der Waals surface area contributed by atoms with Crippen LogP contribution in [0.5, 0.6) is 0 Å². The van der Waals surface area contributed by atoms with Gasteiger partial charge < -0.3 is 15.0 Å². The summed E-state index contributed by atoms with van der Waals surface area (Å²) >= 11 is 0. The number of nitrogen functional groups attached to an aromatic ring is 1. The number of methoxy groups -OCH3 is 1. The molecule has 0 unspecified atom stereocenters. The number of ether oxygens (including phenoxy) is 1. The standard InChI is InChI=1S/C12H14FN3O2/c1-12(2,17-3)11-15-10(18-16-11)7-4-5-8(13)9(14)6-7/h4-6H,14H2,1-3H3. The van der Waals surface area contributed by atoms with Crippen molar-refractivity contribution in [1.29, 1.82) is 0 Å². The van der Waals surface area contributed by atoms with Gasteiger partial charge in [0.1, 0.15) is 11.4 Å². The van der Waals surface area contributed by atoms with Gasteiger partial charge in [0.05, 0.1) is 5.69 Å². The Balaban J connectivity index is 2.38. The molecule has 96 valence electrons. The van der Waals surface area contributed by atoms with Crippen LogP contribution in [0, 0.1) is 5.82 Å². The van der Waals surface area contributed by atoms with Crippen LogP contribution in [0.25, 0.3) is 11.5 Å². The molecule has 0 aliphatic heterocycles. The fourth-order valence-corrected chi connectivity index (χ4v) is 1.35. The van der Waals surface area contributed by atoms with Crippen LogP contribution in [0.3, 0.4) is 0 Å². The molecule has 0 aliphatic rings. The Kier molecular flexibility index (Phi) is 3.04. The van der Waals surface area contributed by atoms with Gasteiger partial charge in [-0.25, -0.2) is 4.39 Å². The number of benzene rings is 1. The van der Waals surface area contributed by atoms with Crippen LogP contribution < -0.4 is 5.73 Å². The van der Waals surface area contributed by atoms with E-state index in [1.54, 1.807) is 7.11 Å². The third kappa shape index (κ3) is 2.19. The van der Waals surface area contributed by atoms with Gasteiger partial charge >= 0.3 is 0 Å². The van der Waals surface area contributed by atoms with Crippen molar-refractivity contribution in [3.63, 3.8) is 0 Å². The van der Waals surface area contributed by atoms with Crippen LogP contribution in [-0.4, -0.2) is 17.3 Å². The summed E-state index contributed by atoms with van der Waals surface area (Å²) in [5, 5.41) is 3.84. The van der Waals surface area contributed by atoms with Crippen molar-refractivity contribution in [1.82, 2.24) is 10.1 Å². The van der Waals surface area contributed by atoms with E-state index in [4.69, 9.17) is 15.0 Å². The second-order valence-electron chi connectivity index (χ2n) is 4.37. The van der Waals surface area contributed by atoms with Gasteiger partial charge in [-0.05, 0) is 32.0 Å². The van der Waals surface area contributed by atoms with Gasteiger partial charge in [-0.3, -0.25) is 0 Å². The zero-order valence-corrected chi connectivity index (χ0v) is 10.4. The zero-order valence-electron chi connectivity index (χ0n) is 10.4. The Bertz CT molecular complexity index is 566. The van der Waals surface area contributed by atoms with Gasteiger partial charge in [0.2, 0.25) is 5.82 Å². The van der Waals surface area contributed by atoms with Gasteiger partial charge in [-0.1, -0.05) is 5.16 Å². The number of halogens is 1. The normalized spacial score (nSPS) is 11.8. The van der Waals surface area contributed by atoms with Gasteiger partial charge in [-0.15, -0.1) is 0 Å². The minimum absolute atomic E-state index is 0.0400.